The van der Waals surface area contributed by atoms with Crippen molar-refractivity contribution >= 4 is 0 Å². The number of rotatable bonds is 4. The molecule has 0 fully saturated rings. The zero-order valence-electron chi connectivity index (χ0n) is 9.81. The van der Waals surface area contributed by atoms with Crippen molar-refractivity contribution in [3.05, 3.63) is 47.8 Å². The average Bonchev–Trinajstić information content (AvgIpc) is 2.82. The second kappa shape index (κ2) is 5.05. The molecule has 2 aromatic rings. The van der Waals surface area contributed by atoms with E-state index < -0.39 is 0 Å². The lowest BCUT2D eigenvalue weighted by Crippen LogP contribution is -2.22. The molecule has 2 unspecified atom stereocenters. The van der Waals surface area contributed by atoms with Crippen LogP contribution in [0.4, 0.5) is 4.39 Å². The van der Waals surface area contributed by atoms with Crippen LogP contribution >= 0.6 is 0 Å². The number of aromatic amines is 1. The van der Waals surface area contributed by atoms with Crippen LogP contribution in [0.5, 0.6) is 0 Å². The molecule has 2 atom stereocenters. The number of hydrogen-bond donors (Lipinski definition) is 2. The molecular weight excluding hydrogens is 219 g/mol. The van der Waals surface area contributed by atoms with E-state index in [0.717, 1.165) is 11.1 Å². The van der Waals surface area contributed by atoms with Gasteiger partial charge in [0.1, 0.15) is 5.82 Å². The van der Waals surface area contributed by atoms with E-state index in [-0.39, 0.29) is 17.9 Å². The Morgan fingerprint density at radius 2 is 1.94 bits per heavy atom. The molecule has 2 aromatic heterocycles. The normalized spacial score (nSPS) is 14.5. The number of nitrogens with zero attached hydrogens (tertiary/aromatic N) is 2. The molecule has 90 valence electrons. The summed E-state index contributed by atoms with van der Waals surface area (Å²) >= 11 is 0. The van der Waals surface area contributed by atoms with Gasteiger partial charge in [-0.1, -0.05) is 0 Å². The number of hydrogen-bond acceptors (Lipinski definition) is 3. The Labute approximate surface area is 99.3 Å². The van der Waals surface area contributed by atoms with Crippen molar-refractivity contribution in [3.8, 4) is 0 Å². The van der Waals surface area contributed by atoms with Crippen molar-refractivity contribution in [2.75, 3.05) is 0 Å². The van der Waals surface area contributed by atoms with Crippen molar-refractivity contribution in [2.45, 2.75) is 25.9 Å². The van der Waals surface area contributed by atoms with Crippen LogP contribution in [0.3, 0.4) is 0 Å². The Kier molecular flexibility index (Phi) is 3.49. The maximum atomic E-state index is 13.0. The lowest BCUT2D eigenvalue weighted by atomic mass is 10.1. The zero-order chi connectivity index (χ0) is 12.3. The van der Waals surface area contributed by atoms with Crippen LogP contribution in [0.1, 0.15) is 37.1 Å². The molecule has 0 amide bonds. The van der Waals surface area contributed by atoms with E-state index in [1.54, 1.807) is 12.4 Å². The third kappa shape index (κ3) is 2.88. The molecule has 0 saturated heterocycles. The Bertz CT molecular complexity index is 469. The van der Waals surface area contributed by atoms with Crippen molar-refractivity contribution in [1.82, 2.24) is 20.5 Å². The van der Waals surface area contributed by atoms with Crippen LogP contribution < -0.4 is 5.32 Å². The van der Waals surface area contributed by atoms with E-state index in [9.17, 15) is 4.39 Å². The first-order valence-corrected chi connectivity index (χ1v) is 5.52. The fraction of sp³-hybridized carbons (Fsp3) is 0.333. The third-order valence-electron chi connectivity index (χ3n) is 2.75. The predicted molar refractivity (Wildman–Crippen MR) is 62.7 cm³/mol. The molecule has 5 heteroatoms. The average molecular weight is 234 g/mol. The fourth-order valence-electron chi connectivity index (χ4n) is 1.73. The molecular formula is C12H15FN4. The highest BCUT2D eigenvalue weighted by Crippen LogP contribution is 2.18. The van der Waals surface area contributed by atoms with Gasteiger partial charge in [0, 0.05) is 30.0 Å². The minimum Gasteiger partial charge on any atom is -0.303 e. The summed E-state index contributed by atoms with van der Waals surface area (Å²) < 4.78 is 13.0. The van der Waals surface area contributed by atoms with Crippen molar-refractivity contribution in [2.24, 2.45) is 0 Å². The second-order valence-electron chi connectivity index (χ2n) is 4.08. The topological polar surface area (TPSA) is 53.6 Å². The molecule has 17 heavy (non-hydrogen) atoms. The predicted octanol–water partition coefficient (Wildman–Crippen LogP) is 2.36. The van der Waals surface area contributed by atoms with E-state index in [1.807, 2.05) is 20.0 Å². The molecule has 0 aromatic carbocycles. The Morgan fingerprint density at radius 3 is 2.59 bits per heavy atom. The van der Waals surface area contributed by atoms with Crippen LogP contribution in [0.2, 0.25) is 0 Å². The van der Waals surface area contributed by atoms with Gasteiger partial charge in [0.05, 0.1) is 12.4 Å². The van der Waals surface area contributed by atoms with Gasteiger partial charge in [-0.15, -0.1) is 0 Å². The largest absolute Gasteiger partial charge is 0.303 e. The molecule has 2 heterocycles. The molecule has 2 N–H and O–H groups in total. The minimum absolute atomic E-state index is 0.0306. The SMILES string of the molecule is CC(NC(C)c1cncc(F)c1)c1cn[nH]c1. The Balaban J connectivity index is 2.04. The molecule has 0 saturated carbocycles. The summed E-state index contributed by atoms with van der Waals surface area (Å²) in [7, 11) is 0. The van der Waals surface area contributed by atoms with Crippen molar-refractivity contribution in [1.29, 1.82) is 0 Å². The number of nitrogens with one attached hydrogen (secondary N) is 2. The molecule has 4 nitrogen and oxygen atoms in total. The van der Waals surface area contributed by atoms with E-state index in [0.29, 0.717) is 0 Å². The highest BCUT2D eigenvalue weighted by atomic mass is 19.1. The lowest BCUT2D eigenvalue weighted by molar-refractivity contribution is 0.490. The van der Waals surface area contributed by atoms with Crippen LogP contribution in [-0.2, 0) is 0 Å². The number of H-pyrrole nitrogens is 1. The van der Waals surface area contributed by atoms with Gasteiger partial charge in [0.2, 0.25) is 0 Å². The molecule has 0 aliphatic heterocycles. The van der Waals surface area contributed by atoms with E-state index in [1.165, 1.54) is 12.3 Å². The van der Waals surface area contributed by atoms with Gasteiger partial charge < -0.3 is 5.32 Å². The summed E-state index contributed by atoms with van der Waals surface area (Å²) in [4.78, 5) is 3.84. The van der Waals surface area contributed by atoms with Gasteiger partial charge in [-0.25, -0.2) is 4.39 Å². The Morgan fingerprint density at radius 1 is 1.18 bits per heavy atom. The van der Waals surface area contributed by atoms with Crippen LogP contribution in [0.15, 0.2) is 30.9 Å². The molecule has 0 bridgehead atoms. The van der Waals surface area contributed by atoms with Crippen LogP contribution in [-0.4, -0.2) is 15.2 Å². The summed E-state index contributed by atoms with van der Waals surface area (Å²) in [5.74, 6) is -0.313. The maximum Gasteiger partial charge on any atom is 0.141 e. The van der Waals surface area contributed by atoms with Gasteiger partial charge in [-0.3, -0.25) is 10.1 Å². The first-order valence-electron chi connectivity index (χ1n) is 5.52. The summed E-state index contributed by atoms with van der Waals surface area (Å²) in [6.07, 6.45) is 6.49. The maximum absolute atomic E-state index is 13.0. The molecule has 2 rings (SSSR count). The summed E-state index contributed by atoms with van der Waals surface area (Å²) in [6, 6.07) is 1.67. The first-order chi connectivity index (χ1) is 8.16. The lowest BCUT2D eigenvalue weighted by Gasteiger charge is -2.19. The molecule has 0 radical (unpaired) electrons. The van der Waals surface area contributed by atoms with Crippen molar-refractivity contribution in [3.63, 3.8) is 0 Å². The number of pyridine rings is 1. The van der Waals surface area contributed by atoms with Crippen LogP contribution in [0, 0.1) is 5.82 Å². The standard InChI is InChI=1S/C12H15FN4/c1-8(10-3-12(13)7-14-4-10)17-9(2)11-5-15-16-6-11/h3-9,17H,1-2H3,(H,15,16). The highest BCUT2D eigenvalue weighted by molar-refractivity contribution is 5.16. The molecule has 0 aliphatic carbocycles. The monoisotopic (exact) mass is 234 g/mol. The van der Waals surface area contributed by atoms with Gasteiger partial charge >= 0.3 is 0 Å². The van der Waals surface area contributed by atoms with Gasteiger partial charge in [-0.05, 0) is 25.5 Å². The van der Waals surface area contributed by atoms with Crippen LogP contribution in [0.25, 0.3) is 0 Å². The second-order valence-corrected chi connectivity index (χ2v) is 4.08. The first kappa shape index (κ1) is 11.7. The van der Waals surface area contributed by atoms with Gasteiger partial charge in [-0.2, -0.15) is 5.10 Å². The van der Waals surface area contributed by atoms with E-state index in [4.69, 9.17) is 0 Å². The smallest absolute Gasteiger partial charge is 0.141 e. The van der Waals surface area contributed by atoms with Gasteiger partial charge in [0.25, 0.3) is 0 Å². The molecule has 0 spiro atoms. The van der Waals surface area contributed by atoms with Gasteiger partial charge in [0.15, 0.2) is 0 Å². The highest BCUT2D eigenvalue weighted by Gasteiger charge is 2.12. The zero-order valence-corrected chi connectivity index (χ0v) is 9.81. The van der Waals surface area contributed by atoms with E-state index in [2.05, 4.69) is 20.5 Å². The minimum atomic E-state index is -0.313. The fourth-order valence-corrected chi connectivity index (χ4v) is 1.73. The molecule has 0 aliphatic rings. The quantitative estimate of drug-likeness (QED) is 0.853. The Hall–Kier alpha value is -1.75. The summed E-state index contributed by atoms with van der Waals surface area (Å²) in [6.45, 7) is 4.01. The number of aromatic nitrogens is 3. The number of halogens is 1. The summed E-state index contributed by atoms with van der Waals surface area (Å²) in [5, 5.41) is 10.0. The van der Waals surface area contributed by atoms with E-state index >= 15 is 0 Å². The van der Waals surface area contributed by atoms with Crippen molar-refractivity contribution < 1.29 is 4.39 Å². The summed E-state index contributed by atoms with van der Waals surface area (Å²) in [5.41, 5.74) is 1.90. The third-order valence-corrected chi connectivity index (χ3v) is 2.75.